The lowest BCUT2D eigenvalue weighted by Gasteiger charge is -2.13. The van der Waals surface area contributed by atoms with E-state index in [1.165, 1.54) is 0 Å². The summed E-state index contributed by atoms with van der Waals surface area (Å²) in [6.07, 6.45) is 0.768. The highest BCUT2D eigenvalue weighted by Crippen LogP contribution is 2.22. The summed E-state index contributed by atoms with van der Waals surface area (Å²) in [7, 11) is 4.96. The van der Waals surface area contributed by atoms with Crippen LogP contribution in [-0.4, -0.2) is 39.6 Å². The van der Waals surface area contributed by atoms with Crippen LogP contribution in [0.2, 0.25) is 5.02 Å². The molecule has 0 heterocycles. The molecule has 0 bridgehead atoms. The summed E-state index contributed by atoms with van der Waals surface area (Å²) in [5, 5.41) is 9.82. The van der Waals surface area contributed by atoms with Crippen LogP contribution in [0.15, 0.2) is 47.5 Å². The van der Waals surface area contributed by atoms with Crippen molar-refractivity contribution in [3.8, 4) is 5.75 Å². The van der Waals surface area contributed by atoms with Crippen molar-refractivity contribution in [2.45, 2.75) is 13.0 Å². The van der Waals surface area contributed by atoms with Crippen molar-refractivity contribution in [3.63, 3.8) is 0 Å². The lowest BCUT2D eigenvalue weighted by Crippen LogP contribution is -2.37. The highest BCUT2D eigenvalue weighted by atomic mass is 35.5. The zero-order valence-electron chi connectivity index (χ0n) is 15.8. The minimum Gasteiger partial charge on any atom is -0.497 e. The Balaban J connectivity index is 1.81. The van der Waals surface area contributed by atoms with Gasteiger partial charge in [-0.25, -0.2) is 0 Å². The van der Waals surface area contributed by atoms with Crippen LogP contribution in [0.4, 0.5) is 0 Å². The van der Waals surface area contributed by atoms with E-state index in [4.69, 9.17) is 16.3 Å². The summed E-state index contributed by atoms with van der Waals surface area (Å²) in [6.45, 7) is 1.30. The van der Waals surface area contributed by atoms with E-state index in [2.05, 4.69) is 20.9 Å². The summed E-state index contributed by atoms with van der Waals surface area (Å²) >= 11 is 6.26. The molecule has 1 amide bonds. The highest BCUT2D eigenvalue weighted by Gasteiger charge is 2.05. The molecule has 7 heteroatoms. The number of carbonyl (C=O) groups is 1. The molecule has 0 aliphatic rings. The Bertz CT molecular complexity index is 791. The first kappa shape index (κ1) is 20.6. The smallest absolute Gasteiger partial charge is 0.251 e. The minimum absolute atomic E-state index is 0.0934. The average molecular weight is 389 g/mol. The molecular weight excluding hydrogens is 364 g/mol. The number of nitrogens with zero attached hydrogens (tertiary/aromatic N) is 1. The molecule has 0 fully saturated rings. The molecule has 2 rings (SSSR count). The van der Waals surface area contributed by atoms with Crippen LogP contribution in [0.1, 0.15) is 21.5 Å². The first-order valence-electron chi connectivity index (χ1n) is 8.65. The molecule has 27 heavy (non-hydrogen) atoms. The molecule has 144 valence electrons. The lowest BCUT2D eigenvalue weighted by atomic mass is 10.1. The predicted octanol–water partition coefficient (Wildman–Crippen LogP) is 2.62. The van der Waals surface area contributed by atoms with Gasteiger partial charge >= 0.3 is 0 Å². The van der Waals surface area contributed by atoms with Gasteiger partial charge in [-0.1, -0.05) is 29.8 Å². The van der Waals surface area contributed by atoms with Gasteiger partial charge in [0.25, 0.3) is 5.91 Å². The van der Waals surface area contributed by atoms with Crippen molar-refractivity contribution in [3.05, 3.63) is 64.2 Å². The van der Waals surface area contributed by atoms with E-state index >= 15 is 0 Å². The number of hydrogen-bond acceptors (Lipinski definition) is 3. The first-order valence-corrected chi connectivity index (χ1v) is 9.03. The van der Waals surface area contributed by atoms with Crippen molar-refractivity contribution < 1.29 is 9.53 Å². The summed E-state index contributed by atoms with van der Waals surface area (Å²) < 4.78 is 5.16. The fourth-order valence-corrected chi connectivity index (χ4v) is 2.76. The standard InChI is InChI=1S/C20H25ClN4O2/c1-22-19(26)16-6-4-14(5-7-16)13-25-20(23-2)24-11-10-15-8-9-17(27-3)12-18(15)21/h4-9,12H,10-11,13H2,1-3H3,(H,22,26)(H2,23,24,25). The molecule has 0 saturated heterocycles. The van der Waals surface area contributed by atoms with Crippen molar-refractivity contribution in [2.24, 2.45) is 4.99 Å². The second-order valence-electron chi connectivity index (χ2n) is 5.84. The Morgan fingerprint density at radius 3 is 2.48 bits per heavy atom. The fraction of sp³-hybridized carbons (Fsp3) is 0.300. The fourth-order valence-electron chi connectivity index (χ4n) is 2.50. The lowest BCUT2D eigenvalue weighted by molar-refractivity contribution is 0.0963. The topological polar surface area (TPSA) is 74.8 Å². The molecule has 3 N–H and O–H groups in total. The van der Waals surface area contributed by atoms with Crippen LogP contribution < -0.4 is 20.7 Å². The van der Waals surface area contributed by atoms with Crippen molar-refractivity contribution in [1.29, 1.82) is 0 Å². The van der Waals surface area contributed by atoms with Crippen LogP contribution in [0, 0.1) is 0 Å². The molecule has 6 nitrogen and oxygen atoms in total. The van der Waals surface area contributed by atoms with E-state index in [-0.39, 0.29) is 5.91 Å². The van der Waals surface area contributed by atoms with E-state index < -0.39 is 0 Å². The normalized spacial score (nSPS) is 11.0. The molecule has 0 saturated carbocycles. The Morgan fingerprint density at radius 1 is 1.15 bits per heavy atom. The summed E-state index contributed by atoms with van der Waals surface area (Å²) in [5.74, 6) is 1.36. The monoisotopic (exact) mass is 388 g/mol. The Morgan fingerprint density at radius 2 is 1.89 bits per heavy atom. The van der Waals surface area contributed by atoms with Crippen LogP contribution in [0.25, 0.3) is 0 Å². The number of benzene rings is 2. The second kappa shape index (κ2) is 10.4. The first-order chi connectivity index (χ1) is 13.1. The van der Waals surface area contributed by atoms with E-state index in [1.807, 2.05) is 30.3 Å². The zero-order valence-corrected chi connectivity index (χ0v) is 16.6. The number of methoxy groups -OCH3 is 1. The number of rotatable bonds is 7. The molecule has 2 aromatic rings. The van der Waals surface area contributed by atoms with E-state index in [0.29, 0.717) is 29.6 Å². The maximum atomic E-state index is 11.6. The Kier molecular flexibility index (Phi) is 7.95. The average Bonchev–Trinajstić information content (AvgIpc) is 2.71. The van der Waals surface area contributed by atoms with Gasteiger partial charge in [-0.3, -0.25) is 9.79 Å². The molecular formula is C20H25ClN4O2. The third-order valence-corrected chi connectivity index (χ3v) is 4.43. The molecule has 0 radical (unpaired) electrons. The minimum atomic E-state index is -0.0934. The Hall–Kier alpha value is -2.73. The number of halogens is 1. The number of ether oxygens (including phenoxy) is 1. The number of aliphatic imine (C=N–C) groups is 1. The molecule has 0 spiro atoms. The third kappa shape index (κ3) is 6.18. The summed E-state index contributed by atoms with van der Waals surface area (Å²) in [4.78, 5) is 15.8. The van der Waals surface area contributed by atoms with Gasteiger partial charge in [0.2, 0.25) is 0 Å². The molecule has 0 aromatic heterocycles. The van der Waals surface area contributed by atoms with Crippen LogP contribution in [-0.2, 0) is 13.0 Å². The van der Waals surface area contributed by atoms with Gasteiger partial charge in [0.15, 0.2) is 5.96 Å². The summed E-state index contributed by atoms with van der Waals surface area (Å²) in [5.41, 5.74) is 2.74. The van der Waals surface area contributed by atoms with E-state index in [1.54, 1.807) is 33.3 Å². The van der Waals surface area contributed by atoms with Gasteiger partial charge in [-0.2, -0.15) is 0 Å². The molecule has 0 aliphatic heterocycles. The highest BCUT2D eigenvalue weighted by molar-refractivity contribution is 6.31. The van der Waals surface area contributed by atoms with Gasteiger partial charge < -0.3 is 20.7 Å². The number of nitrogens with one attached hydrogen (secondary N) is 3. The van der Waals surface area contributed by atoms with Crippen LogP contribution in [0.3, 0.4) is 0 Å². The third-order valence-electron chi connectivity index (χ3n) is 4.07. The molecule has 0 aliphatic carbocycles. The number of guanidine groups is 1. The quantitative estimate of drug-likeness (QED) is 0.503. The number of hydrogen-bond donors (Lipinski definition) is 3. The van der Waals surface area contributed by atoms with Gasteiger partial charge in [0.05, 0.1) is 7.11 Å². The van der Waals surface area contributed by atoms with Gasteiger partial charge in [-0.05, 0) is 41.8 Å². The number of carbonyl (C=O) groups excluding carboxylic acids is 1. The number of amides is 1. The van der Waals surface area contributed by atoms with Crippen molar-refractivity contribution >= 4 is 23.5 Å². The van der Waals surface area contributed by atoms with E-state index in [0.717, 1.165) is 23.3 Å². The Labute approximate surface area is 165 Å². The summed E-state index contributed by atoms with van der Waals surface area (Å²) in [6, 6.07) is 13.1. The van der Waals surface area contributed by atoms with Crippen molar-refractivity contribution in [1.82, 2.24) is 16.0 Å². The van der Waals surface area contributed by atoms with Gasteiger partial charge in [0, 0.05) is 37.8 Å². The molecule has 2 aromatic carbocycles. The SMILES string of the molecule is CN=C(NCCc1ccc(OC)cc1Cl)NCc1ccc(C(=O)NC)cc1. The predicted molar refractivity (Wildman–Crippen MR) is 110 cm³/mol. The zero-order chi connectivity index (χ0) is 19.6. The van der Waals surface area contributed by atoms with Crippen LogP contribution in [0.5, 0.6) is 5.75 Å². The van der Waals surface area contributed by atoms with E-state index in [9.17, 15) is 4.79 Å². The maximum Gasteiger partial charge on any atom is 0.251 e. The maximum absolute atomic E-state index is 11.6. The molecule has 0 atom stereocenters. The van der Waals surface area contributed by atoms with Gasteiger partial charge in [-0.15, -0.1) is 0 Å². The second-order valence-corrected chi connectivity index (χ2v) is 6.24. The van der Waals surface area contributed by atoms with Gasteiger partial charge in [0.1, 0.15) is 5.75 Å². The van der Waals surface area contributed by atoms with Crippen molar-refractivity contribution in [2.75, 3.05) is 27.7 Å². The largest absolute Gasteiger partial charge is 0.497 e. The molecule has 0 unspecified atom stereocenters. The van der Waals surface area contributed by atoms with Crippen LogP contribution >= 0.6 is 11.6 Å².